The maximum Gasteiger partial charge on any atom is 0.303 e. The first kappa shape index (κ1) is 22.8. The highest BCUT2D eigenvalue weighted by molar-refractivity contribution is 5.93. The summed E-state index contributed by atoms with van der Waals surface area (Å²) in [6.45, 7) is 1.31. The maximum atomic E-state index is 12.2. The monoisotopic (exact) mass is 374 g/mol. The average Bonchev–Trinajstić information content (AvgIpc) is 2.54. The standard InChI is InChI=1S/C14H22N4O8/c1-7(12(15)24)17-14(26)9(3-5-11(22)23)18-13(25)8(16-6-19)2-4-10(20)21/h6-9H,2-5H2,1H3,(H2,15,24)(H,16,19)(H,17,26)(H,18,25)(H,20,21)(H,22,23)/t7?,8?,9-/m1/s1. The van der Waals surface area contributed by atoms with E-state index in [4.69, 9.17) is 15.9 Å². The molecular formula is C14H22N4O8. The molecule has 146 valence electrons. The molecule has 3 atom stereocenters. The summed E-state index contributed by atoms with van der Waals surface area (Å²) in [6.07, 6.45) is -1.18. The fourth-order valence-electron chi connectivity index (χ4n) is 1.83. The van der Waals surface area contributed by atoms with Crippen LogP contribution < -0.4 is 21.7 Å². The Balaban J connectivity index is 5.09. The Morgan fingerprint density at radius 1 is 0.923 bits per heavy atom. The third-order valence-corrected chi connectivity index (χ3v) is 3.30. The maximum absolute atomic E-state index is 12.2. The van der Waals surface area contributed by atoms with Gasteiger partial charge in [-0.05, 0) is 19.8 Å². The second-order valence-corrected chi connectivity index (χ2v) is 5.40. The molecule has 26 heavy (non-hydrogen) atoms. The van der Waals surface area contributed by atoms with Crippen molar-refractivity contribution in [1.82, 2.24) is 16.0 Å². The van der Waals surface area contributed by atoms with Crippen LogP contribution in [0, 0.1) is 0 Å². The van der Waals surface area contributed by atoms with Crippen LogP contribution in [0.5, 0.6) is 0 Å². The molecule has 0 aliphatic rings. The van der Waals surface area contributed by atoms with Crippen molar-refractivity contribution in [3.8, 4) is 0 Å². The summed E-state index contributed by atoms with van der Waals surface area (Å²) < 4.78 is 0. The summed E-state index contributed by atoms with van der Waals surface area (Å²) >= 11 is 0. The molecule has 7 N–H and O–H groups in total. The number of aliphatic carboxylic acids is 2. The van der Waals surface area contributed by atoms with E-state index in [0.717, 1.165) is 0 Å². The van der Waals surface area contributed by atoms with Gasteiger partial charge in [0.25, 0.3) is 0 Å². The third kappa shape index (κ3) is 9.20. The van der Waals surface area contributed by atoms with Gasteiger partial charge in [0, 0.05) is 12.8 Å². The van der Waals surface area contributed by atoms with Crippen LogP contribution in [0.1, 0.15) is 32.6 Å². The fourth-order valence-corrected chi connectivity index (χ4v) is 1.83. The molecule has 2 unspecified atom stereocenters. The highest BCUT2D eigenvalue weighted by Crippen LogP contribution is 2.03. The van der Waals surface area contributed by atoms with Crippen LogP contribution in [0.4, 0.5) is 0 Å². The molecule has 12 nitrogen and oxygen atoms in total. The van der Waals surface area contributed by atoms with Gasteiger partial charge in [0.15, 0.2) is 0 Å². The number of carbonyl (C=O) groups is 6. The zero-order chi connectivity index (χ0) is 20.3. The van der Waals surface area contributed by atoms with E-state index in [1.807, 2.05) is 0 Å². The molecule has 0 bridgehead atoms. The number of nitrogens with two attached hydrogens (primary N) is 1. The van der Waals surface area contributed by atoms with Crippen molar-refractivity contribution < 1.29 is 39.0 Å². The Morgan fingerprint density at radius 2 is 1.38 bits per heavy atom. The molecule has 12 heteroatoms. The third-order valence-electron chi connectivity index (χ3n) is 3.30. The second kappa shape index (κ2) is 11.4. The molecule has 0 radical (unpaired) electrons. The molecule has 0 aliphatic heterocycles. The number of hydrogen-bond donors (Lipinski definition) is 6. The van der Waals surface area contributed by atoms with Gasteiger partial charge in [-0.1, -0.05) is 0 Å². The Labute approximate surface area is 148 Å². The van der Waals surface area contributed by atoms with Crippen LogP contribution in [0.15, 0.2) is 0 Å². The topological polar surface area (TPSA) is 205 Å². The van der Waals surface area contributed by atoms with Crippen LogP contribution in [0.2, 0.25) is 0 Å². The number of carboxylic acid groups (broad SMARTS) is 2. The van der Waals surface area contributed by atoms with Crippen LogP contribution in [-0.2, 0) is 28.8 Å². The normalized spacial score (nSPS) is 13.6. The summed E-state index contributed by atoms with van der Waals surface area (Å²) in [5.74, 6) is -4.94. The lowest BCUT2D eigenvalue weighted by atomic mass is 10.1. The van der Waals surface area contributed by atoms with E-state index < -0.39 is 60.6 Å². The fraction of sp³-hybridized carbons (Fsp3) is 0.571. The SMILES string of the molecule is CC(NC(=O)[C@@H](CCC(=O)O)NC(=O)C(CCC(=O)O)NC=O)C(N)=O. The Kier molecular flexibility index (Phi) is 9.99. The second-order valence-electron chi connectivity index (χ2n) is 5.40. The van der Waals surface area contributed by atoms with E-state index in [-0.39, 0.29) is 19.3 Å². The van der Waals surface area contributed by atoms with E-state index in [1.165, 1.54) is 6.92 Å². The van der Waals surface area contributed by atoms with Crippen LogP contribution >= 0.6 is 0 Å². The molecule has 0 heterocycles. The predicted molar refractivity (Wildman–Crippen MR) is 85.5 cm³/mol. The number of primary amides is 1. The first-order valence-electron chi connectivity index (χ1n) is 7.61. The Morgan fingerprint density at radius 3 is 1.81 bits per heavy atom. The summed E-state index contributed by atoms with van der Waals surface area (Å²) in [5.41, 5.74) is 5.02. The lowest BCUT2D eigenvalue weighted by Gasteiger charge is -2.22. The summed E-state index contributed by atoms with van der Waals surface area (Å²) in [6, 6.07) is -3.60. The number of hydrogen-bond acceptors (Lipinski definition) is 6. The minimum atomic E-state index is -1.32. The minimum absolute atomic E-state index is 0.202. The summed E-state index contributed by atoms with van der Waals surface area (Å²) in [7, 11) is 0. The summed E-state index contributed by atoms with van der Waals surface area (Å²) in [4.78, 5) is 67.2. The van der Waals surface area contributed by atoms with Crippen molar-refractivity contribution in [3.63, 3.8) is 0 Å². The van der Waals surface area contributed by atoms with Gasteiger partial charge in [-0.3, -0.25) is 28.8 Å². The number of amides is 4. The Hall–Kier alpha value is -3.18. The van der Waals surface area contributed by atoms with Crippen molar-refractivity contribution in [2.75, 3.05) is 0 Å². The van der Waals surface area contributed by atoms with Gasteiger partial charge in [-0.15, -0.1) is 0 Å². The number of nitrogens with one attached hydrogen (secondary N) is 3. The van der Waals surface area contributed by atoms with E-state index in [2.05, 4.69) is 16.0 Å². The molecule has 0 rings (SSSR count). The van der Waals surface area contributed by atoms with Gasteiger partial charge in [-0.25, -0.2) is 0 Å². The molecule has 0 aromatic heterocycles. The molecule has 0 aromatic rings. The van der Waals surface area contributed by atoms with Gasteiger partial charge >= 0.3 is 11.9 Å². The lowest BCUT2D eigenvalue weighted by Crippen LogP contribution is -2.55. The molecule has 0 spiro atoms. The van der Waals surface area contributed by atoms with Crippen molar-refractivity contribution in [3.05, 3.63) is 0 Å². The van der Waals surface area contributed by atoms with E-state index >= 15 is 0 Å². The number of rotatable bonds is 13. The lowest BCUT2D eigenvalue weighted by molar-refractivity contribution is -0.139. The van der Waals surface area contributed by atoms with Crippen molar-refractivity contribution >= 4 is 36.1 Å². The van der Waals surface area contributed by atoms with Gasteiger partial charge in [0.05, 0.1) is 0 Å². The Bertz CT molecular complexity index is 565. The molecular weight excluding hydrogens is 352 g/mol. The van der Waals surface area contributed by atoms with E-state index in [0.29, 0.717) is 0 Å². The minimum Gasteiger partial charge on any atom is -0.481 e. The highest BCUT2D eigenvalue weighted by Gasteiger charge is 2.27. The highest BCUT2D eigenvalue weighted by atomic mass is 16.4. The van der Waals surface area contributed by atoms with Crippen molar-refractivity contribution in [2.45, 2.75) is 50.7 Å². The van der Waals surface area contributed by atoms with Gasteiger partial charge in [-0.2, -0.15) is 0 Å². The summed E-state index contributed by atoms with van der Waals surface area (Å²) in [5, 5.41) is 24.0. The van der Waals surface area contributed by atoms with E-state index in [1.54, 1.807) is 0 Å². The molecule has 0 aliphatic carbocycles. The predicted octanol–water partition coefficient (Wildman–Crippen LogP) is -2.69. The van der Waals surface area contributed by atoms with Crippen LogP contribution in [-0.4, -0.2) is 64.4 Å². The van der Waals surface area contributed by atoms with Gasteiger partial charge in [0.1, 0.15) is 18.1 Å². The number of carbonyl (C=O) groups excluding carboxylic acids is 4. The molecule has 0 saturated heterocycles. The van der Waals surface area contributed by atoms with Crippen LogP contribution in [0.3, 0.4) is 0 Å². The molecule has 0 fully saturated rings. The van der Waals surface area contributed by atoms with E-state index in [9.17, 15) is 28.8 Å². The van der Waals surface area contributed by atoms with Crippen LogP contribution in [0.25, 0.3) is 0 Å². The molecule has 0 saturated carbocycles. The molecule has 4 amide bonds. The number of carboxylic acids is 2. The molecule has 0 aromatic carbocycles. The smallest absolute Gasteiger partial charge is 0.303 e. The largest absolute Gasteiger partial charge is 0.481 e. The zero-order valence-electron chi connectivity index (χ0n) is 14.1. The van der Waals surface area contributed by atoms with Gasteiger partial charge < -0.3 is 31.9 Å². The zero-order valence-corrected chi connectivity index (χ0v) is 14.1. The first-order valence-corrected chi connectivity index (χ1v) is 7.61. The van der Waals surface area contributed by atoms with Crippen molar-refractivity contribution in [1.29, 1.82) is 0 Å². The first-order chi connectivity index (χ1) is 12.1. The average molecular weight is 374 g/mol. The van der Waals surface area contributed by atoms with Crippen molar-refractivity contribution in [2.24, 2.45) is 5.73 Å². The van der Waals surface area contributed by atoms with Gasteiger partial charge in [0.2, 0.25) is 24.1 Å². The quantitative estimate of drug-likeness (QED) is 0.187.